The van der Waals surface area contributed by atoms with E-state index in [9.17, 15) is 9.90 Å². The standard InChI is InChI=1S/C11H12BrClO3/c1-11(2,10(15)16)9(14)6-3-4-8(13)7(12)5-6/h3-5,9,14H,1-2H3,(H,15,16). The first kappa shape index (κ1) is 13.5. The Morgan fingerprint density at radius 3 is 2.50 bits per heavy atom. The average Bonchev–Trinajstić information content (AvgIpc) is 2.20. The summed E-state index contributed by atoms with van der Waals surface area (Å²) in [5.41, 5.74) is -0.725. The number of carboxylic acids is 1. The van der Waals surface area contributed by atoms with Crippen molar-refractivity contribution in [1.82, 2.24) is 0 Å². The Morgan fingerprint density at radius 2 is 2.06 bits per heavy atom. The Hall–Kier alpha value is -0.580. The molecule has 5 heteroatoms. The molecule has 0 aliphatic heterocycles. The number of aliphatic hydroxyl groups is 1. The number of aliphatic hydroxyl groups excluding tert-OH is 1. The van der Waals surface area contributed by atoms with Gasteiger partial charge >= 0.3 is 5.97 Å². The third-order valence-corrected chi connectivity index (χ3v) is 3.71. The highest BCUT2D eigenvalue weighted by Gasteiger charge is 2.36. The Kier molecular flexibility index (Phi) is 3.99. The fourth-order valence-electron chi connectivity index (χ4n) is 1.22. The summed E-state index contributed by atoms with van der Waals surface area (Å²) in [6.07, 6.45) is -1.08. The van der Waals surface area contributed by atoms with Crippen molar-refractivity contribution >= 4 is 33.5 Å². The second-order valence-corrected chi connectivity index (χ2v) is 5.36. The Morgan fingerprint density at radius 1 is 1.50 bits per heavy atom. The molecule has 3 nitrogen and oxygen atoms in total. The van der Waals surface area contributed by atoms with Crippen LogP contribution >= 0.6 is 27.5 Å². The van der Waals surface area contributed by atoms with Gasteiger partial charge in [-0.25, -0.2) is 0 Å². The van der Waals surface area contributed by atoms with E-state index in [2.05, 4.69) is 15.9 Å². The molecule has 0 heterocycles. The van der Waals surface area contributed by atoms with E-state index in [4.69, 9.17) is 16.7 Å². The van der Waals surface area contributed by atoms with Crippen molar-refractivity contribution in [1.29, 1.82) is 0 Å². The monoisotopic (exact) mass is 306 g/mol. The maximum atomic E-state index is 11.0. The number of hydrogen-bond donors (Lipinski definition) is 2. The molecule has 1 unspecified atom stereocenters. The quantitative estimate of drug-likeness (QED) is 0.901. The Labute approximate surface area is 107 Å². The molecule has 0 spiro atoms. The Balaban J connectivity index is 3.10. The van der Waals surface area contributed by atoms with Gasteiger partial charge in [0.1, 0.15) is 0 Å². The zero-order valence-corrected chi connectivity index (χ0v) is 11.2. The van der Waals surface area contributed by atoms with Crippen LogP contribution in [0.4, 0.5) is 0 Å². The van der Waals surface area contributed by atoms with E-state index in [1.165, 1.54) is 13.8 Å². The summed E-state index contributed by atoms with van der Waals surface area (Å²) >= 11 is 9.04. The summed E-state index contributed by atoms with van der Waals surface area (Å²) in [6.45, 7) is 2.95. The van der Waals surface area contributed by atoms with Gasteiger partial charge in [-0.15, -0.1) is 0 Å². The van der Waals surface area contributed by atoms with Gasteiger partial charge < -0.3 is 10.2 Å². The van der Waals surface area contributed by atoms with Gasteiger partial charge in [0.2, 0.25) is 0 Å². The van der Waals surface area contributed by atoms with Crippen LogP contribution in [0.1, 0.15) is 25.5 Å². The number of carboxylic acid groups (broad SMARTS) is 1. The van der Waals surface area contributed by atoms with Crippen LogP contribution in [0, 0.1) is 5.41 Å². The first-order chi connectivity index (χ1) is 7.26. The van der Waals surface area contributed by atoms with Crippen LogP contribution in [0.5, 0.6) is 0 Å². The SMILES string of the molecule is CC(C)(C(=O)O)C(O)c1ccc(Cl)c(Br)c1. The molecule has 1 atom stereocenters. The van der Waals surface area contributed by atoms with E-state index < -0.39 is 17.5 Å². The van der Waals surface area contributed by atoms with Crippen molar-refractivity contribution in [3.8, 4) is 0 Å². The average molecular weight is 308 g/mol. The van der Waals surface area contributed by atoms with Gasteiger partial charge in [0.05, 0.1) is 16.5 Å². The molecule has 0 aliphatic rings. The molecule has 1 aromatic carbocycles. The first-order valence-corrected chi connectivity index (χ1v) is 5.80. The number of benzene rings is 1. The topological polar surface area (TPSA) is 57.5 Å². The van der Waals surface area contributed by atoms with Gasteiger partial charge in [-0.2, -0.15) is 0 Å². The van der Waals surface area contributed by atoms with Gasteiger partial charge in [0, 0.05) is 4.47 Å². The van der Waals surface area contributed by atoms with Crippen molar-refractivity contribution in [3.63, 3.8) is 0 Å². The molecule has 0 fully saturated rings. The molecule has 2 N–H and O–H groups in total. The van der Waals surface area contributed by atoms with Gasteiger partial charge in [-0.3, -0.25) is 4.79 Å². The summed E-state index contributed by atoms with van der Waals surface area (Å²) in [5.74, 6) is -1.05. The number of carbonyl (C=O) groups is 1. The summed E-state index contributed by atoms with van der Waals surface area (Å²) < 4.78 is 0.631. The van der Waals surface area contributed by atoms with E-state index in [-0.39, 0.29) is 0 Å². The zero-order chi connectivity index (χ0) is 12.5. The highest BCUT2D eigenvalue weighted by Crippen LogP contribution is 2.35. The van der Waals surface area contributed by atoms with Gasteiger partial charge in [0.25, 0.3) is 0 Å². The van der Waals surface area contributed by atoms with Crippen LogP contribution in [0.25, 0.3) is 0 Å². The molecule has 0 aliphatic carbocycles. The molecule has 0 bridgehead atoms. The van der Waals surface area contributed by atoms with Crippen LogP contribution in [0.2, 0.25) is 5.02 Å². The summed E-state index contributed by atoms with van der Waals surface area (Å²) in [4.78, 5) is 11.0. The van der Waals surface area contributed by atoms with Crippen LogP contribution in [-0.2, 0) is 4.79 Å². The van der Waals surface area contributed by atoms with E-state index in [1.54, 1.807) is 18.2 Å². The van der Waals surface area contributed by atoms with Crippen LogP contribution in [0.3, 0.4) is 0 Å². The van der Waals surface area contributed by atoms with Crippen LogP contribution in [0.15, 0.2) is 22.7 Å². The summed E-state index contributed by atoms with van der Waals surface area (Å²) in [7, 11) is 0. The fraction of sp³-hybridized carbons (Fsp3) is 0.364. The van der Waals surface area contributed by atoms with Crippen molar-refractivity contribution in [2.45, 2.75) is 20.0 Å². The molecular formula is C11H12BrClO3. The van der Waals surface area contributed by atoms with Gasteiger partial charge in [-0.05, 0) is 47.5 Å². The normalized spacial score (nSPS) is 13.6. The largest absolute Gasteiger partial charge is 0.481 e. The second kappa shape index (κ2) is 4.73. The minimum absolute atomic E-state index is 0.517. The molecule has 0 radical (unpaired) electrons. The lowest BCUT2D eigenvalue weighted by Gasteiger charge is -2.26. The smallest absolute Gasteiger partial charge is 0.312 e. The lowest BCUT2D eigenvalue weighted by molar-refractivity contribution is -0.153. The van der Waals surface area contributed by atoms with Gasteiger partial charge in [0.15, 0.2) is 0 Å². The molecule has 16 heavy (non-hydrogen) atoms. The van der Waals surface area contributed by atoms with Crippen molar-refractivity contribution in [2.75, 3.05) is 0 Å². The van der Waals surface area contributed by atoms with E-state index in [1.807, 2.05) is 0 Å². The third-order valence-electron chi connectivity index (χ3n) is 2.49. The fourth-order valence-corrected chi connectivity index (χ4v) is 1.73. The van der Waals surface area contributed by atoms with Crippen molar-refractivity contribution < 1.29 is 15.0 Å². The minimum Gasteiger partial charge on any atom is -0.481 e. The number of aliphatic carboxylic acids is 1. The Bertz CT molecular complexity index is 418. The second-order valence-electron chi connectivity index (χ2n) is 4.10. The molecule has 0 aromatic heterocycles. The lowest BCUT2D eigenvalue weighted by atomic mass is 9.83. The summed E-state index contributed by atoms with van der Waals surface area (Å²) in [6, 6.07) is 4.85. The number of hydrogen-bond acceptors (Lipinski definition) is 2. The first-order valence-electron chi connectivity index (χ1n) is 4.63. The maximum absolute atomic E-state index is 11.0. The third kappa shape index (κ3) is 2.56. The van der Waals surface area contributed by atoms with Crippen LogP contribution < -0.4 is 0 Å². The molecule has 1 aromatic rings. The van der Waals surface area contributed by atoms with Gasteiger partial charge in [-0.1, -0.05) is 17.7 Å². The summed E-state index contributed by atoms with van der Waals surface area (Å²) in [5, 5.41) is 19.5. The molecule has 0 amide bonds. The molecule has 0 saturated heterocycles. The highest BCUT2D eigenvalue weighted by atomic mass is 79.9. The lowest BCUT2D eigenvalue weighted by Crippen LogP contribution is -2.31. The van der Waals surface area contributed by atoms with Crippen LogP contribution in [-0.4, -0.2) is 16.2 Å². The van der Waals surface area contributed by atoms with Crippen molar-refractivity contribution in [2.24, 2.45) is 5.41 Å². The van der Waals surface area contributed by atoms with Crippen molar-refractivity contribution in [3.05, 3.63) is 33.3 Å². The number of rotatable bonds is 3. The molecule has 88 valence electrons. The predicted molar refractivity (Wildman–Crippen MR) is 65.5 cm³/mol. The van der Waals surface area contributed by atoms with E-state index in [0.29, 0.717) is 15.1 Å². The molecule has 0 saturated carbocycles. The highest BCUT2D eigenvalue weighted by molar-refractivity contribution is 9.10. The predicted octanol–water partition coefficient (Wildman–Crippen LogP) is 3.25. The van der Waals surface area contributed by atoms with E-state index >= 15 is 0 Å². The van der Waals surface area contributed by atoms with E-state index in [0.717, 1.165) is 0 Å². The zero-order valence-electron chi connectivity index (χ0n) is 8.87. The number of halogens is 2. The maximum Gasteiger partial charge on any atom is 0.312 e. The minimum atomic E-state index is -1.24. The molecular weight excluding hydrogens is 295 g/mol. The molecule has 1 rings (SSSR count).